The van der Waals surface area contributed by atoms with Gasteiger partial charge in [0.2, 0.25) is 5.95 Å². The van der Waals surface area contributed by atoms with Crippen LogP contribution in [-0.2, 0) is 32.1 Å². The molecule has 0 bridgehead atoms. The van der Waals surface area contributed by atoms with E-state index >= 15 is 0 Å². The van der Waals surface area contributed by atoms with Gasteiger partial charge in [-0.15, -0.1) is 0 Å². The topological polar surface area (TPSA) is 78.2 Å². The lowest BCUT2D eigenvalue weighted by Crippen LogP contribution is -2.43. The Labute approximate surface area is 210 Å². The third-order valence-corrected chi connectivity index (χ3v) is 5.85. The van der Waals surface area contributed by atoms with Crippen molar-refractivity contribution in [2.45, 2.75) is 32.1 Å². The molecule has 7 nitrogen and oxygen atoms in total. The van der Waals surface area contributed by atoms with Crippen molar-refractivity contribution in [3.63, 3.8) is 0 Å². The summed E-state index contributed by atoms with van der Waals surface area (Å²) in [4.78, 5) is 30.2. The van der Waals surface area contributed by atoms with E-state index in [-0.39, 0.29) is 24.7 Å². The molecule has 0 radical (unpaired) electrons. The van der Waals surface area contributed by atoms with Gasteiger partial charge in [0.25, 0.3) is 0 Å². The quantitative estimate of drug-likeness (QED) is 0.354. The summed E-state index contributed by atoms with van der Waals surface area (Å²) in [6, 6.07) is 21.2. The maximum Gasteiger partial charge on any atom is 0.416 e. The van der Waals surface area contributed by atoms with E-state index in [0.717, 1.165) is 27.8 Å². The number of nitrogens with one attached hydrogen (secondary N) is 1. The molecular weight excluding hydrogens is 485 g/mol. The Morgan fingerprint density at radius 1 is 0.838 bits per heavy atom. The molecule has 0 aliphatic rings. The van der Waals surface area contributed by atoms with Crippen molar-refractivity contribution in [2.75, 3.05) is 12.4 Å². The highest BCUT2D eigenvalue weighted by atomic mass is 19.4. The summed E-state index contributed by atoms with van der Waals surface area (Å²) < 4.78 is 47.1. The molecule has 0 saturated carbocycles. The Hall–Kier alpha value is -4.34. The first kappa shape index (κ1) is 25.7. The van der Waals surface area contributed by atoms with Crippen molar-refractivity contribution < 1.29 is 17.9 Å². The highest BCUT2D eigenvalue weighted by Gasteiger charge is 2.30. The summed E-state index contributed by atoms with van der Waals surface area (Å²) in [5, 5.41) is 2.74. The van der Waals surface area contributed by atoms with Gasteiger partial charge in [-0.25, -0.2) is 14.2 Å². The van der Waals surface area contributed by atoms with Crippen LogP contribution in [-0.4, -0.2) is 21.2 Å². The first-order chi connectivity index (χ1) is 17.7. The lowest BCUT2D eigenvalue weighted by atomic mass is 10.1. The van der Waals surface area contributed by atoms with E-state index in [1.165, 1.54) is 16.7 Å². The molecule has 0 unspecified atom stereocenters. The van der Waals surface area contributed by atoms with Gasteiger partial charge < -0.3 is 10.1 Å². The van der Waals surface area contributed by atoms with Crippen molar-refractivity contribution in [1.29, 1.82) is 0 Å². The number of anilines is 2. The molecule has 1 heterocycles. The minimum Gasteiger partial charge on any atom is -0.497 e. The minimum absolute atomic E-state index is 0.0568. The fourth-order valence-electron chi connectivity index (χ4n) is 3.84. The average Bonchev–Trinajstić information content (AvgIpc) is 2.89. The number of alkyl halides is 3. The van der Waals surface area contributed by atoms with Crippen molar-refractivity contribution in [3.05, 3.63) is 117 Å². The Morgan fingerprint density at radius 3 is 2.14 bits per heavy atom. The van der Waals surface area contributed by atoms with Gasteiger partial charge in [-0.3, -0.25) is 4.57 Å². The number of aryl methyl sites for hydroxylation is 2. The molecule has 0 fully saturated rings. The monoisotopic (exact) mass is 510 g/mol. The summed E-state index contributed by atoms with van der Waals surface area (Å²) in [6.07, 6.45) is -3.68. The minimum atomic E-state index is -4.54. The summed E-state index contributed by atoms with van der Waals surface area (Å²) in [7, 11) is 1.56. The van der Waals surface area contributed by atoms with Gasteiger partial charge in [0.1, 0.15) is 5.75 Å². The van der Waals surface area contributed by atoms with Gasteiger partial charge in [-0.1, -0.05) is 48.5 Å². The van der Waals surface area contributed by atoms with Crippen LogP contribution in [0, 0.1) is 0 Å². The van der Waals surface area contributed by atoms with Crippen LogP contribution >= 0.6 is 0 Å². The van der Waals surface area contributed by atoms with Crippen molar-refractivity contribution in [3.8, 4) is 5.75 Å². The van der Waals surface area contributed by atoms with E-state index in [1.54, 1.807) is 19.2 Å². The van der Waals surface area contributed by atoms with E-state index in [1.807, 2.05) is 42.5 Å². The molecular formula is C27H25F3N4O3. The van der Waals surface area contributed by atoms with Gasteiger partial charge in [0.05, 0.1) is 12.7 Å². The molecule has 4 aromatic rings. The zero-order valence-corrected chi connectivity index (χ0v) is 20.0. The largest absolute Gasteiger partial charge is 0.497 e. The van der Waals surface area contributed by atoms with Gasteiger partial charge in [-0.2, -0.15) is 18.2 Å². The maximum absolute atomic E-state index is 13.4. The van der Waals surface area contributed by atoms with Gasteiger partial charge in [0, 0.05) is 18.8 Å². The fourth-order valence-corrected chi connectivity index (χ4v) is 3.84. The number of methoxy groups -OCH3 is 1. The van der Waals surface area contributed by atoms with Crippen LogP contribution in [0.3, 0.4) is 0 Å². The van der Waals surface area contributed by atoms with Gasteiger partial charge >= 0.3 is 17.6 Å². The van der Waals surface area contributed by atoms with E-state index in [2.05, 4.69) is 10.3 Å². The second-order valence-electron chi connectivity index (χ2n) is 8.34. The summed E-state index contributed by atoms with van der Waals surface area (Å²) in [6.45, 7) is 0.256. The standard InChI is InChI=1S/C27H25F3N4O3/c1-37-23-12-10-20(11-13-23)14-16-33-24(31-22-9-5-8-21(18-22)27(28,29)30)32-25(35)34(26(33)36)17-15-19-6-3-2-4-7-19/h2-13,18H,14-17H2,1H3,(H,31,32,35). The van der Waals surface area contributed by atoms with Crippen LogP contribution in [0.25, 0.3) is 0 Å². The van der Waals surface area contributed by atoms with Crippen LogP contribution in [0.15, 0.2) is 88.5 Å². The molecule has 10 heteroatoms. The highest BCUT2D eigenvalue weighted by molar-refractivity contribution is 5.54. The Bertz CT molecular complexity index is 1460. The number of ether oxygens (including phenoxy) is 1. The number of nitrogens with zero attached hydrogens (tertiary/aromatic N) is 3. The molecule has 1 aromatic heterocycles. The first-order valence-electron chi connectivity index (χ1n) is 11.6. The second kappa shape index (κ2) is 11.2. The number of halogens is 3. The van der Waals surface area contributed by atoms with Gasteiger partial charge in [-0.05, 0) is 54.3 Å². The van der Waals surface area contributed by atoms with Crippen LogP contribution in [0.1, 0.15) is 16.7 Å². The highest BCUT2D eigenvalue weighted by Crippen LogP contribution is 2.31. The van der Waals surface area contributed by atoms with Crippen LogP contribution in [0.4, 0.5) is 24.8 Å². The molecule has 4 rings (SSSR count). The smallest absolute Gasteiger partial charge is 0.416 e. The summed E-state index contributed by atoms with van der Waals surface area (Å²) in [5.41, 5.74) is -0.332. The Kier molecular flexibility index (Phi) is 7.76. The number of hydrogen-bond donors (Lipinski definition) is 1. The van der Waals surface area contributed by atoms with E-state index in [9.17, 15) is 22.8 Å². The average molecular weight is 511 g/mol. The van der Waals surface area contributed by atoms with E-state index in [0.29, 0.717) is 18.6 Å². The number of rotatable bonds is 9. The van der Waals surface area contributed by atoms with Crippen LogP contribution in [0.2, 0.25) is 0 Å². The number of aromatic nitrogens is 3. The number of hydrogen-bond acceptors (Lipinski definition) is 5. The molecule has 0 atom stereocenters. The molecule has 1 N–H and O–H groups in total. The number of benzene rings is 3. The predicted octanol–water partition coefficient (Wildman–Crippen LogP) is 4.66. The first-order valence-corrected chi connectivity index (χ1v) is 11.6. The van der Waals surface area contributed by atoms with Crippen molar-refractivity contribution in [1.82, 2.24) is 14.1 Å². The third-order valence-electron chi connectivity index (χ3n) is 5.85. The normalized spacial score (nSPS) is 11.4. The molecule has 0 saturated heterocycles. The van der Waals surface area contributed by atoms with E-state index < -0.39 is 23.1 Å². The lowest BCUT2D eigenvalue weighted by molar-refractivity contribution is -0.137. The molecule has 0 aliphatic carbocycles. The van der Waals surface area contributed by atoms with Crippen molar-refractivity contribution in [2.24, 2.45) is 0 Å². The Balaban J connectivity index is 1.68. The zero-order valence-electron chi connectivity index (χ0n) is 20.0. The van der Waals surface area contributed by atoms with Crippen LogP contribution < -0.4 is 21.4 Å². The SMILES string of the molecule is COc1ccc(CCn2c(Nc3cccc(C(F)(F)F)c3)nc(=O)n(CCc3ccccc3)c2=O)cc1. The molecule has 0 amide bonds. The summed E-state index contributed by atoms with van der Waals surface area (Å²) >= 11 is 0. The molecule has 192 valence electrons. The zero-order chi connectivity index (χ0) is 26.4. The van der Waals surface area contributed by atoms with Crippen LogP contribution in [0.5, 0.6) is 5.75 Å². The third kappa shape index (κ3) is 6.46. The van der Waals surface area contributed by atoms with E-state index in [4.69, 9.17) is 4.74 Å². The molecule has 0 aliphatic heterocycles. The lowest BCUT2D eigenvalue weighted by Gasteiger charge is -2.16. The molecule has 37 heavy (non-hydrogen) atoms. The molecule has 0 spiro atoms. The second-order valence-corrected chi connectivity index (χ2v) is 8.34. The fraction of sp³-hybridized carbons (Fsp3) is 0.222. The summed E-state index contributed by atoms with van der Waals surface area (Å²) in [5.74, 6) is 0.558. The van der Waals surface area contributed by atoms with Gasteiger partial charge in [0.15, 0.2) is 0 Å². The van der Waals surface area contributed by atoms with Crippen molar-refractivity contribution >= 4 is 11.6 Å². The molecule has 3 aromatic carbocycles. The maximum atomic E-state index is 13.4. The Morgan fingerprint density at radius 2 is 1.49 bits per heavy atom. The predicted molar refractivity (Wildman–Crippen MR) is 134 cm³/mol.